The van der Waals surface area contributed by atoms with Crippen molar-refractivity contribution in [3.05, 3.63) is 0 Å². The molecule has 0 heterocycles. The molecule has 0 radical (unpaired) electrons. The number of unbranched alkanes of at least 4 members (excludes halogenated alkanes) is 1. The summed E-state index contributed by atoms with van der Waals surface area (Å²) >= 11 is 0. The number of carbonyl (C=O) groups is 1. The lowest BCUT2D eigenvalue weighted by Crippen LogP contribution is -1.99. The first kappa shape index (κ1) is 15.8. The molecule has 86 valence electrons. The average Bonchev–Trinajstić information content (AvgIpc) is 2.16. The van der Waals surface area contributed by atoms with Gasteiger partial charge in [-0.25, -0.2) is 0 Å². The quantitative estimate of drug-likeness (QED) is 0.526. The molecule has 0 aromatic heterocycles. The molecule has 0 unspecified atom stereocenters. The first-order valence-electron chi connectivity index (χ1n) is 5.00. The number of rotatable bonds is 6. The van der Waals surface area contributed by atoms with Crippen LogP contribution in [0, 0.1) is 0 Å². The second kappa shape index (κ2) is 14.9. The van der Waals surface area contributed by atoms with Crippen LogP contribution in [0.4, 0.5) is 0 Å². The second-order valence-corrected chi connectivity index (χ2v) is 2.61. The molecule has 0 rings (SSSR count). The number of ether oxygens (including phenoxy) is 2. The Morgan fingerprint density at radius 3 is 2.21 bits per heavy atom. The number of esters is 1. The smallest absolute Gasteiger partial charge is 0.302 e. The van der Waals surface area contributed by atoms with Crippen molar-refractivity contribution in [1.82, 2.24) is 0 Å². The molecular weight excluding hydrogens is 184 g/mol. The summed E-state index contributed by atoms with van der Waals surface area (Å²) in [4.78, 5) is 10.1. The Morgan fingerprint density at radius 2 is 1.93 bits per heavy atom. The highest BCUT2D eigenvalue weighted by atomic mass is 16.5. The Bertz CT molecular complexity index is 111. The lowest BCUT2D eigenvalue weighted by molar-refractivity contribution is -0.141. The van der Waals surface area contributed by atoms with Crippen molar-refractivity contribution in [2.45, 2.75) is 33.6 Å². The molecule has 1 N–H and O–H groups in total. The highest BCUT2D eigenvalue weighted by Gasteiger charge is 1.88. The molecule has 0 amide bonds. The zero-order valence-electron chi connectivity index (χ0n) is 9.41. The van der Waals surface area contributed by atoms with Gasteiger partial charge < -0.3 is 14.6 Å². The van der Waals surface area contributed by atoms with Gasteiger partial charge in [0.15, 0.2) is 0 Å². The van der Waals surface area contributed by atoms with E-state index in [1.807, 2.05) is 6.92 Å². The van der Waals surface area contributed by atoms with Crippen LogP contribution in [0.1, 0.15) is 33.6 Å². The van der Waals surface area contributed by atoms with Gasteiger partial charge in [-0.3, -0.25) is 4.79 Å². The number of hydrogen-bond donors (Lipinski definition) is 1. The van der Waals surface area contributed by atoms with Crippen molar-refractivity contribution in [2.75, 3.05) is 26.4 Å². The van der Waals surface area contributed by atoms with Crippen LogP contribution in [0.15, 0.2) is 0 Å². The molecule has 4 nitrogen and oxygen atoms in total. The van der Waals surface area contributed by atoms with Gasteiger partial charge in [0.25, 0.3) is 0 Å². The minimum absolute atomic E-state index is 0.133. The molecule has 0 aliphatic carbocycles. The van der Waals surface area contributed by atoms with Gasteiger partial charge in [-0.15, -0.1) is 0 Å². The Morgan fingerprint density at radius 1 is 1.29 bits per heavy atom. The van der Waals surface area contributed by atoms with Gasteiger partial charge in [0.05, 0.1) is 19.8 Å². The zero-order valence-corrected chi connectivity index (χ0v) is 9.41. The van der Waals surface area contributed by atoms with Crippen molar-refractivity contribution in [2.24, 2.45) is 0 Å². The monoisotopic (exact) mass is 206 g/mol. The van der Waals surface area contributed by atoms with Crippen molar-refractivity contribution < 1.29 is 19.4 Å². The summed E-state index contributed by atoms with van der Waals surface area (Å²) in [6, 6.07) is 0. The van der Waals surface area contributed by atoms with Gasteiger partial charge >= 0.3 is 5.97 Å². The van der Waals surface area contributed by atoms with Crippen molar-refractivity contribution in [3.63, 3.8) is 0 Å². The molecule has 0 bridgehead atoms. The molecule has 0 saturated heterocycles. The predicted molar refractivity (Wildman–Crippen MR) is 55.1 cm³/mol. The van der Waals surface area contributed by atoms with E-state index in [0.29, 0.717) is 19.8 Å². The molecule has 0 aliphatic rings. The Kier molecular flexibility index (Phi) is 16.9. The molecule has 14 heavy (non-hydrogen) atoms. The Labute approximate surface area is 86.2 Å². The summed E-state index contributed by atoms with van der Waals surface area (Å²) in [6.45, 7) is 7.26. The van der Waals surface area contributed by atoms with Crippen molar-refractivity contribution >= 4 is 5.97 Å². The van der Waals surface area contributed by atoms with E-state index in [2.05, 4.69) is 11.7 Å². The van der Waals surface area contributed by atoms with E-state index >= 15 is 0 Å². The molecule has 0 atom stereocenters. The summed E-state index contributed by atoms with van der Waals surface area (Å²) < 4.78 is 9.38. The SMILES string of the molecule is CCCCOC(C)=O.CCOCCO. The van der Waals surface area contributed by atoms with E-state index in [9.17, 15) is 4.79 Å². The van der Waals surface area contributed by atoms with Crippen LogP contribution in [0.5, 0.6) is 0 Å². The van der Waals surface area contributed by atoms with Crippen LogP contribution in [0.25, 0.3) is 0 Å². The number of aliphatic hydroxyl groups excluding tert-OH is 1. The van der Waals surface area contributed by atoms with E-state index in [1.54, 1.807) is 0 Å². The van der Waals surface area contributed by atoms with E-state index < -0.39 is 0 Å². The average molecular weight is 206 g/mol. The third kappa shape index (κ3) is 22.5. The lowest BCUT2D eigenvalue weighted by Gasteiger charge is -1.96. The molecule has 0 aromatic rings. The first-order valence-corrected chi connectivity index (χ1v) is 5.00. The molecule has 0 aromatic carbocycles. The summed E-state index contributed by atoms with van der Waals surface area (Å²) in [5.74, 6) is -0.182. The van der Waals surface area contributed by atoms with Crippen molar-refractivity contribution in [1.29, 1.82) is 0 Å². The molecule has 4 heteroatoms. The largest absolute Gasteiger partial charge is 0.466 e. The van der Waals surface area contributed by atoms with E-state index in [4.69, 9.17) is 9.84 Å². The summed E-state index contributed by atoms with van der Waals surface area (Å²) in [5, 5.41) is 8.07. The normalized spacial score (nSPS) is 8.86. The molecule has 0 fully saturated rings. The highest BCUT2D eigenvalue weighted by molar-refractivity contribution is 5.65. The van der Waals surface area contributed by atoms with Gasteiger partial charge in [-0.2, -0.15) is 0 Å². The van der Waals surface area contributed by atoms with Gasteiger partial charge in [0, 0.05) is 13.5 Å². The highest BCUT2D eigenvalue weighted by Crippen LogP contribution is 1.86. The first-order chi connectivity index (χ1) is 6.68. The fourth-order valence-corrected chi connectivity index (χ4v) is 0.569. The third-order valence-electron chi connectivity index (χ3n) is 1.24. The van der Waals surface area contributed by atoms with E-state index in [-0.39, 0.29) is 12.6 Å². The molecule has 0 saturated carbocycles. The van der Waals surface area contributed by atoms with Gasteiger partial charge in [0.2, 0.25) is 0 Å². The zero-order chi connectivity index (χ0) is 11.2. The maximum absolute atomic E-state index is 10.1. The van der Waals surface area contributed by atoms with Crippen LogP contribution in [-0.4, -0.2) is 37.5 Å². The third-order valence-corrected chi connectivity index (χ3v) is 1.24. The summed E-state index contributed by atoms with van der Waals surface area (Å²) in [7, 11) is 0. The van der Waals surface area contributed by atoms with E-state index in [0.717, 1.165) is 12.8 Å². The maximum atomic E-state index is 10.1. The number of carbonyl (C=O) groups excluding carboxylic acids is 1. The van der Waals surface area contributed by atoms with Crippen LogP contribution in [-0.2, 0) is 14.3 Å². The van der Waals surface area contributed by atoms with E-state index in [1.165, 1.54) is 6.92 Å². The van der Waals surface area contributed by atoms with Crippen LogP contribution >= 0.6 is 0 Å². The van der Waals surface area contributed by atoms with Gasteiger partial charge in [0.1, 0.15) is 0 Å². The van der Waals surface area contributed by atoms with Crippen LogP contribution in [0.2, 0.25) is 0 Å². The Balaban J connectivity index is 0. The Hall–Kier alpha value is -0.610. The van der Waals surface area contributed by atoms with Crippen LogP contribution < -0.4 is 0 Å². The second-order valence-electron chi connectivity index (χ2n) is 2.61. The van der Waals surface area contributed by atoms with Gasteiger partial charge in [-0.1, -0.05) is 13.3 Å². The lowest BCUT2D eigenvalue weighted by atomic mass is 10.4. The fraction of sp³-hybridized carbons (Fsp3) is 0.900. The maximum Gasteiger partial charge on any atom is 0.302 e. The molecule has 0 aliphatic heterocycles. The summed E-state index contributed by atoms with van der Waals surface area (Å²) in [5.41, 5.74) is 0. The minimum Gasteiger partial charge on any atom is -0.466 e. The summed E-state index contributed by atoms with van der Waals surface area (Å²) in [6.07, 6.45) is 2.05. The van der Waals surface area contributed by atoms with Crippen LogP contribution in [0.3, 0.4) is 0 Å². The standard InChI is InChI=1S/C6H12O2.C4H10O2/c1-3-4-5-8-6(2)7;1-2-6-4-3-5/h3-5H2,1-2H3;5H,2-4H2,1H3. The molecule has 0 spiro atoms. The number of hydrogen-bond acceptors (Lipinski definition) is 4. The fourth-order valence-electron chi connectivity index (χ4n) is 0.569. The topological polar surface area (TPSA) is 55.8 Å². The minimum atomic E-state index is -0.182. The van der Waals surface area contributed by atoms with Crippen molar-refractivity contribution in [3.8, 4) is 0 Å². The molecular formula is C10H22O4. The predicted octanol–water partition coefficient (Wildman–Crippen LogP) is 1.36. The van der Waals surface area contributed by atoms with Gasteiger partial charge in [-0.05, 0) is 13.3 Å². The number of aliphatic hydroxyl groups is 1.